The summed E-state index contributed by atoms with van der Waals surface area (Å²) in [5.74, 6) is -0.147. The van der Waals surface area contributed by atoms with E-state index in [4.69, 9.17) is 14.2 Å². The molecule has 10 heteroatoms. The molecule has 6 rings (SSSR count). The van der Waals surface area contributed by atoms with E-state index in [9.17, 15) is 19.5 Å². The Labute approximate surface area is 319 Å². The minimum atomic E-state index is -0.861. The molecule has 3 fully saturated rings. The number of hydrogen-bond acceptors (Lipinski definition) is 8. The smallest absolute Gasteiger partial charge is 0.303 e. The summed E-state index contributed by atoms with van der Waals surface area (Å²) < 4.78 is 18.5. The maximum atomic E-state index is 13.8. The van der Waals surface area contributed by atoms with Crippen molar-refractivity contribution < 1.29 is 33.7 Å². The normalized spacial score (nSPS) is 25.2. The minimum absolute atomic E-state index is 0.0190. The first-order valence-corrected chi connectivity index (χ1v) is 19.6. The number of rotatable bonds is 11. The fourth-order valence-corrected chi connectivity index (χ4v) is 8.32. The van der Waals surface area contributed by atoms with Crippen LogP contribution in [0.2, 0.25) is 0 Å². The van der Waals surface area contributed by atoms with Crippen LogP contribution in [0.5, 0.6) is 0 Å². The number of nitrogens with zero attached hydrogens (tertiary/aromatic N) is 1. The number of likely N-dealkylation sites (tertiary alicyclic amines) is 1. The number of aliphatic hydroxyl groups is 1. The lowest BCUT2D eigenvalue weighted by Gasteiger charge is -2.50. The Hall–Kier alpha value is -4.09. The van der Waals surface area contributed by atoms with Gasteiger partial charge >= 0.3 is 5.97 Å². The molecule has 3 aliphatic rings. The van der Waals surface area contributed by atoms with Crippen molar-refractivity contribution in [1.82, 2.24) is 15.5 Å². The molecule has 3 aromatic carbocycles. The predicted octanol–water partition coefficient (Wildman–Crippen LogP) is 6.90. The van der Waals surface area contributed by atoms with E-state index >= 15 is 0 Å². The average molecular weight is 740 g/mol. The number of esters is 1. The highest BCUT2D eigenvalue weighted by Crippen LogP contribution is 2.42. The molecule has 290 valence electrons. The lowest BCUT2D eigenvalue weighted by molar-refractivity contribution is -0.255. The SMILES string of the molecule is CC(=O)OC(C)C(=O)NCc1cccc(-c2ccc(C3OC(CN4C(C(=O)NC(C)(C)C)CCC5CCCCC54)CC(c4ccc(CO)cc4)O3)cc2)c1. The van der Waals surface area contributed by atoms with Crippen molar-refractivity contribution in [1.29, 1.82) is 0 Å². The molecule has 10 nitrogen and oxygen atoms in total. The molecule has 0 bridgehead atoms. The van der Waals surface area contributed by atoms with Gasteiger partial charge in [-0.1, -0.05) is 79.6 Å². The fourth-order valence-electron chi connectivity index (χ4n) is 8.32. The summed E-state index contributed by atoms with van der Waals surface area (Å²) >= 11 is 0. The van der Waals surface area contributed by atoms with Gasteiger partial charge in [0.15, 0.2) is 12.4 Å². The highest BCUT2D eigenvalue weighted by Gasteiger charge is 2.44. The number of aliphatic hydroxyl groups excluding tert-OH is 1. The molecule has 2 heterocycles. The van der Waals surface area contributed by atoms with Crippen LogP contribution in [-0.2, 0) is 41.7 Å². The molecule has 0 spiro atoms. The topological polar surface area (TPSA) is 126 Å². The van der Waals surface area contributed by atoms with Crippen LogP contribution in [0.25, 0.3) is 11.1 Å². The lowest BCUT2D eigenvalue weighted by atomic mass is 9.75. The Morgan fingerprint density at radius 1 is 0.889 bits per heavy atom. The molecule has 2 amide bonds. The largest absolute Gasteiger partial charge is 0.453 e. The van der Waals surface area contributed by atoms with E-state index in [0.717, 1.165) is 52.6 Å². The highest BCUT2D eigenvalue weighted by molar-refractivity contribution is 5.83. The zero-order chi connectivity index (χ0) is 38.4. The first-order chi connectivity index (χ1) is 25.9. The summed E-state index contributed by atoms with van der Waals surface area (Å²) in [5.41, 5.74) is 5.40. The van der Waals surface area contributed by atoms with Gasteiger partial charge in [0.2, 0.25) is 5.91 Å². The molecule has 2 saturated heterocycles. The molecule has 7 atom stereocenters. The Bertz CT molecular complexity index is 1740. The molecule has 54 heavy (non-hydrogen) atoms. The van der Waals surface area contributed by atoms with Crippen LogP contribution in [0.3, 0.4) is 0 Å². The summed E-state index contributed by atoms with van der Waals surface area (Å²) in [5, 5.41) is 15.8. The van der Waals surface area contributed by atoms with Crippen LogP contribution >= 0.6 is 0 Å². The van der Waals surface area contributed by atoms with Gasteiger partial charge in [-0.15, -0.1) is 0 Å². The molecule has 7 unspecified atom stereocenters. The molecule has 1 saturated carbocycles. The Kier molecular flexibility index (Phi) is 12.9. The molecule has 3 aromatic rings. The number of hydrogen-bond donors (Lipinski definition) is 3. The zero-order valence-corrected chi connectivity index (χ0v) is 32.4. The summed E-state index contributed by atoms with van der Waals surface area (Å²) in [7, 11) is 0. The van der Waals surface area contributed by atoms with Crippen molar-refractivity contribution in [3.63, 3.8) is 0 Å². The maximum Gasteiger partial charge on any atom is 0.303 e. The number of carbonyl (C=O) groups excluding carboxylic acids is 3. The second kappa shape index (κ2) is 17.6. The molecule has 0 radical (unpaired) electrons. The second-order valence-corrected chi connectivity index (χ2v) is 16.3. The van der Waals surface area contributed by atoms with Gasteiger partial charge in [-0.2, -0.15) is 0 Å². The zero-order valence-electron chi connectivity index (χ0n) is 32.4. The third kappa shape index (κ3) is 10.2. The first kappa shape index (κ1) is 39.6. The highest BCUT2D eigenvalue weighted by atomic mass is 16.7. The van der Waals surface area contributed by atoms with Crippen molar-refractivity contribution >= 4 is 17.8 Å². The maximum absolute atomic E-state index is 13.8. The molecular weight excluding hydrogens is 682 g/mol. The van der Waals surface area contributed by atoms with Crippen LogP contribution in [0.1, 0.15) is 114 Å². The van der Waals surface area contributed by atoms with E-state index in [1.54, 1.807) is 6.92 Å². The van der Waals surface area contributed by atoms with Gasteiger partial charge in [-0.25, -0.2) is 0 Å². The lowest BCUT2D eigenvalue weighted by Crippen LogP contribution is -2.61. The number of fused-ring (bicyclic) bond motifs is 1. The van der Waals surface area contributed by atoms with Gasteiger partial charge in [0, 0.05) is 43.6 Å². The summed E-state index contributed by atoms with van der Waals surface area (Å²) in [6, 6.07) is 24.3. The Morgan fingerprint density at radius 3 is 2.31 bits per heavy atom. The van der Waals surface area contributed by atoms with Crippen molar-refractivity contribution in [2.75, 3.05) is 6.54 Å². The third-order valence-electron chi connectivity index (χ3n) is 11.0. The van der Waals surface area contributed by atoms with Crippen molar-refractivity contribution in [3.8, 4) is 11.1 Å². The molecular formula is C44H57N3O7. The minimum Gasteiger partial charge on any atom is -0.453 e. The third-order valence-corrected chi connectivity index (χ3v) is 11.0. The molecule has 2 aliphatic heterocycles. The van der Waals surface area contributed by atoms with Crippen molar-refractivity contribution in [3.05, 3.63) is 95.1 Å². The van der Waals surface area contributed by atoms with E-state index in [1.807, 2.05) is 81.4 Å². The van der Waals surface area contributed by atoms with Gasteiger partial charge in [0.1, 0.15) is 0 Å². The number of ether oxygens (including phenoxy) is 3. The number of amides is 2. The van der Waals surface area contributed by atoms with E-state index in [-0.39, 0.29) is 42.2 Å². The van der Waals surface area contributed by atoms with Gasteiger partial charge in [-0.05, 0) is 93.2 Å². The van der Waals surface area contributed by atoms with E-state index in [1.165, 1.54) is 26.2 Å². The number of piperidine rings is 1. The number of nitrogens with one attached hydrogen (secondary N) is 2. The van der Waals surface area contributed by atoms with Gasteiger partial charge in [0.05, 0.1) is 24.9 Å². The summed E-state index contributed by atoms with van der Waals surface area (Å²) in [6.45, 7) is 9.89. The van der Waals surface area contributed by atoms with Crippen LogP contribution < -0.4 is 10.6 Å². The van der Waals surface area contributed by atoms with Crippen LogP contribution in [0.15, 0.2) is 72.8 Å². The van der Waals surface area contributed by atoms with Gasteiger partial charge < -0.3 is 30.0 Å². The standard InChI is InChI=1S/C44H57N3O7/c1-28(52-29(2)49)41(50)45-25-31-9-8-11-36(23-31)32-17-19-35(20-18-32)43-53-37(24-40(54-43)34-15-13-30(27-48)14-16-34)26-47-38-12-7-6-10-33(38)21-22-39(47)42(51)46-44(3,4)5/h8-9,11,13-20,23,28,33,37-40,43,48H,6-7,10,12,21-22,24-27H2,1-5H3,(H,45,50)(H,46,51). The van der Waals surface area contributed by atoms with E-state index < -0.39 is 18.4 Å². The average Bonchev–Trinajstić information content (AvgIpc) is 3.16. The Balaban J connectivity index is 1.21. The number of benzene rings is 3. The first-order valence-electron chi connectivity index (χ1n) is 19.6. The molecule has 1 aliphatic carbocycles. The van der Waals surface area contributed by atoms with Crippen LogP contribution in [0.4, 0.5) is 0 Å². The van der Waals surface area contributed by atoms with Crippen molar-refractivity contribution in [2.24, 2.45) is 5.92 Å². The quantitative estimate of drug-likeness (QED) is 0.182. The second-order valence-electron chi connectivity index (χ2n) is 16.3. The van der Waals surface area contributed by atoms with E-state index in [0.29, 0.717) is 31.5 Å². The molecule has 0 aromatic heterocycles. The monoisotopic (exact) mass is 739 g/mol. The Morgan fingerprint density at radius 2 is 1.61 bits per heavy atom. The predicted molar refractivity (Wildman–Crippen MR) is 207 cm³/mol. The van der Waals surface area contributed by atoms with Crippen molar-refractivity contribution in [2.45, 2.75) is 135 Å². The van der Waals surface area contributed by atoms with E-state index in [2.05, 4.69) is 27.7 Å². The summed E-state index contributed by atoms with van der Waals surface area (Å²) in [4.78, 5) is 39.9. The fraction of sp³-hybridized carbons (Fsp3) is 0.523. The van der Waals surface area contributed by atoms with Gasteiger partial charge in [-0.3, -0.25) is 19.3 Å². The van der Waals surface area contributed by atoms with Crippen LogP contribution in [0, 0.1) is 5.92 Å². The number of carbonyl (C=O) groups is 3. The summed E-state index contributed by atoms with van der Waals surface area (Å²) in [6.07, 6.45) is 5.45. The van der Waals surface area contributed by atoms with Crippen LogP contribution in [-0.4, -0.2) is 64.2 Å². The molecule has 3 N–H and O–H groups in total. The van der Waals surface area contributed by atoms with Gasteiger partial charge in [0.25, 0.3) is 5.91 Å².